The van der Waals surface area contributed by atoms with Crippen molar-refractivity contribution >= 4 is 27.1 Å². The Morgan fingerprint density at radius 2 is 1.88 bits per heavy atom. The van der Waals surface area contributed by atoms with E-state index >= 15 is 0 Å². The van der Waals surface area contributed by atoms with Gasteiger partial charge in [0, 0.05) is 0 Å². The molecule has 0 bridgehead atoms. The number of hydrogen-bond donors (Lipinski definition) is 1. The van der Waals surface area contributed by atoms with Crippen LogP contribution in [0.2, 0.25) is 0 Å². The van der Waals surface area contributed by atoms with Gasteiger partial charge in [-0.2, -0.15) is 10.4 Å². The third-order valence-electron chi connectivity index (χ3n) is 5.22. The standard InChI is InChI=1S/C24H24N4O3S/c1-24(2,3)18-9-11-19(12-10-18)32(29,30)27-23-13-8-17(16-25)21-15-20(26-28(21)23)22-7-5-4-6-14-31-22/h6-15,27H,4-5H2,1-3H3. The molecule has 0 unspecified atom stereocenters. The summed E-state index contributed by atoms with van der Waals surface area (Å²) in [7, 11) is -3.86. The Kier molecular flexibility index (Phi) is 5.53. The van der Waals surface area contributed by atoms with E-state index in [1.165, 1.54) is 10.6 Å². The molecule has 32 heavy (non-hydrogen) atoms. The Morgan fingerprint density at radius 3 is 2.56 bits per heavy atom. The van der Waals surface area contributed by atoms with Gasteiger partial charge in [-0.3, -0.25) is 4.72 Å². The average molecular weight is 449 g/mol. The van der Waals surface area contributed by atoms with E-state index in [2.05, 4.69) is 36.7 Å². The molecule has 0 fully saturated rings. The maximum Gasteiger partial charge on any atom is 0.263 e. The zero-order valence-electron chi connectivity index (χ0n) is 18.2. The summed E-state index contributed by atoms with van der Waals surface area (Å²) in [5, 5.41) is 14.0. The van der Waals surface area contributed by atoms with Gasteiger partial charge < -0.3 is 4.74 Å². The maximum absolute atomic E-state index is 13.1. The van der Waals surface area contributed by atoms with Crippen LogP contribution in [0.4, 0.5) is 5.82 Å². The Balaban J connectivity index is 1.73. The van der Waals surface area contributed by atoms with Crippen LogP contribution in [0.1, 0.15) is 50.4 Å². The van der Waals surface area contributed by atoms with E-state index < -0.39 is 10.0 Å². The number of nitrogens with zero attached hydrogens (tertiary/aromatic N) is 3. The van der Waals surface area contributed by atoms with Gasteiger partial charge in [0.05, 0.1) is 22.2 Å². The number of anilines is 1. The van der Waals surface area contributed by atoms with Gasteiger partial charge in [-0.1, -0.05) is 32.9 Å². The molecule has 2 aromatic heterocycles. The van der Waals surface area contributed by atoms with E-state index in [1.807, 2.05) is 24.3 Å². The number of benzene rings is 1. The molecule has 0 aliphatic carbocycles. The molecular weight excluding hydrogens is 424 g/mol. The number of hydrogen-bond acceptors (Lipinski definition) is 5. The number of pyridine rings is 1. The third-order valence-corrected chi connectivity index (χ3v) is 6.59. The van der Waals surface area contributed by atoms with Crippen LogP contribution in [0.5, 0.6) is 0 Å². The molecule has 0 saturated carbocycles. The molecule has 3 aromatic rings. The van der Waals surface area contributed by atoms with Crippen molar-refractivity contribution in [2.24, 2.45) is 0 Å². The summed E-state index contributed by atoms with van der Waals surface area (Å²) in [5.74, 6) is 0.799. The zero-order chi connectivity index (χ0) is 22.9. The average Bonchev–Trinajstić information content (AvgIpc) is 3.02. The highest BCUT2D eigenvalue weighted by molar-refractivity contribution is 7.92. The van der Waals surface area contributed by atoms with E-state index in [1.54, 1.807) is 30.5 Å². The van der Waals surface area contributed by atoms with Crippen molar-refractivity contribution in [3.63, 3.8) is 0 Å². The molecule has 1 N–H and O–H groups in total. The normalized spacial score (nSPS) is 14.4. The monoisotopic (exact) mass is 448 g/mol. The van der Waals surface area contributed by atoms with Crippen molar-refractivity contribution < 1.29 is 13.2 Å². The summed E-state index contributed by atoms with van der Waals surface area (Å²) < 4.78 is 35.8. The van der Waals surface area contributed by atoms with Crippen molar-refractivity contribution in [3.05, 3.63) is 77.7 Å². The SMILES string of the molecule is CC(C)(C)c1ccc(S(=O)(=O)Nc2ccc(C#N)c3cc(C4=CCCC=CO4)nn23)cc1. The highest BCUT2D eigenvalue weighted by atomic mass is 32.2. The summed E-state index contributed by atoms with van der Waals surface area (Å²) in [4.78, 5) is 0.148. The number of nitrogens with one attached hydrogen (secondary N) is 1. The molecular formula is C24H24N4O3S. The predicted molar refractivity (Wildman–Crippen MR) is 123 cm³/mol. The van der Waals surface area contributed by atoms with E-state index in [4.69, 9.17) is 4.74 Å². The van der Waals surface area contributed by atoms with Gasteiger partial charge in [0.1, 0.15) is 23.3 Å². The molecule has 4 rings (SSSR count). The molecule has 0 amide bonds. The highest BCUT2D eigenvalue weighted by Gasteiger charge is 2.20. The summed E-state index contributed by atoms with van der Waals surface area (Å²) in [5.41, 5.74) is 2.35. The van der Waals surface area contributed by atoms with Gasteiger partial charge in [-0.05, 0) is 66.3 Å². The first-order chi connectivity index (χ1) is 15.2. The molecule has 0 saturated heterocycles. The zero-order valence-corrected chi connectivity index (χ0v) is 19.0. The summed E-state index contributed by atoms with van der Waals surface area (Å²) >= 11 is 0. The minimum Gasteiger partial charge on any atom is -0.463 e. The van der Waals surface area contributed by atoms with E-state index in [-0.39, 0.29) is 16.1 Å². The lowest BCUT2D eigenvalue weighted by Gasteiger charge is -2.19. The summed E-state index contributed by atoms with van der Waals surface area (Å²) in [6.45, 7) is 6.21. The summed E-state index contributed by atoms with van der Waals surface area (Å²) in [6.07, 6.45) is 7.12. The lowest BCUT2D eigenvalue weighted by molar-refractivity contribution is 0.434. The van der Waals surface area contributed by atoms with Gasteiger partial charge >= 0.3 is 0 Å². The number of nitriles is 1. The predicted octanol–water partition coefficient (Wildman–Crippen LogP) is 4.97. The van der Waals surface area contributed by atoms with Crippen molar-refractivity contribution in [1.82, 2.24) is 9.61 Å². The van der Waals surface area contributed by atoms with Crippen LogP contribution in [-0.4, -0.2) is 18.0 Å². The molecule has 1 aliphatic heterocycles. The first-order valence-electron chi connectivity index (χ1n) is 10.3. The Bertz CT molecular complexity index is 1370. The quantitative estimate of drug-likeness (QED) is 0.608. The molecule has 1 aliphatic rings. The molecule has 0 spiro atoms. The largest absolute Gasteiger partial charge is 0.463 e. The van der Waals surface area contributed by atoms with Crippen molar-refractivity contribution in [2.75, 3.05) is 4.72 Å². The Morgan fingerprint density at radius 1 is 1.12 bits per heavy atom. The van der Waals surface area contributed by atoms with Crippen LogP contribution in [0.3, 0.4) is 0 Å². The minimum absolute atomic E-state index is 0.0790. The van der Waals surface area contributed by atoms with Crippen LogP contribution >= 0.6 is 0 Å². The number of ether oxygens (including phenoxy) is 1. The number of rotatable bonds is 4. The lowest BCUT2D eigenvalue weighted by atomic mass is 9.87. The van der Waals surface area contributed by atoms with Crippen LogP contribution in [0.25, 0.3) is 11.3 Å². The number of sulfonamides is 1. The molecule has 0 atom stereocenters. The van der Waals surface area contributed by atoms with E-state index in [0.717, 1.165) is 18.4 Å². The van der Waals surface area contributed by atoms with Crippen LogP contribution in [0, 0.1) is 11.3 Å². The Hall–Kier alpha value is -3.57. The summed E-state index contributed by atoms with van der Waals surface area (Å²) in [6, 6.07) is 13.8. The second kappa shape index (κ2) is 8.17. The van der Waals surface area contributed by atoms with Gasteiger partial charge in [0.25, 0.3) is 10.0 Å². The second-order valence-corrected chi connectivity index (χ2v) is 10.3. The molecule has 1 aromatic carbocycles. The molecule has 0 radical (unpaired) electrons. The van der Waals surface area contributed by atoms with Gasteiger partial charge in [0.15, 0.2) is 0 Å². The minimum atomic E-state index is -3.86. The third kappa shape index (κ3) is 4.25. The number of fused-ring (bicyclic) bond motifs is 1. The topological polar surface area (TPSA) is 96.5 Å². The molecule has 8 heteroatoms. The van der Waals surface area contributed by atoms with E-state index in [9.17, 15) is 13.7 Å². The maximum atomic E-state index is 13.1. The fourth-order valence-corrected chi connectivity index (χ4v) is 4.45. The van der Waals surface area contributed by atoms with Gasteiger partial charge in [-0.25, -0.2) is 12.9 Å². The Labute approximate surface area is 187 Å². The van der Waals surface area contributed by atoms with Gasteiger partial charge in [-0.15, -0.1) is 0 Å². The molecule has 7 nitrogen and oxygen atoms in total. The number of aromatic nitrogens is 2. The number of allylic oxidation sites excluding steroid dienone is 2. The van der Waals surface area contributed by atoms with Crippen LogP contribution < -0.4 is 4.72 Å². The first-order valence-corrected chi connectivity index (χ1v) is 11.8. The molecule has 3 heterocycles. The lowest BCUT2D eigenvalue weighted by Crippen LogP contribution is -2.17. The molecule has 164 valence electrons. The smallest absolute Gasteiger partial charge is 0.263 e. The van der Waals surface area contributed by atoms with E-state index in [0.29, 0.717) is 22.5 Å². The van der Waals surface area contributed by atoms with Crippen molar-refractivity contribution in [1.29, 1.82) is 5.26 Å². The second-order valence-electron chi connectivity index (χ2n) is 8.59. The van der Waals surface area contributed by atoms with Gasteiger partial charge in [0.2, 0.25) is 0 Å². The van der Waals surface area contributed by atoms with Crippen LogP contribution in [-0.2, 0) is 20.2 Å². The fraction of sp³-hybridized carbons (Fsp3) is 0.250. The fourth-order valence-electron chi connectivity index (χ4n) is 3.41. The van der Waals surface area contributed by atoms with Crippen molar-refractivity contribution in [3.8, 4) is 6.07 Å². The van der Waals surface area contributed by atoms with Crippen LogP contribution in [0.15, 0.2) is 65.8 Å². The van der Waals surface area contributed by atoms with Crippen molar-refractivity contribution in [2.45, 2.75) is 43.9 Å². The first kappa shape index (κ1) is 21.7. The highest BCUT2D eigenvalue weighted by Crippen LogP contribution is 2.27.